The smallest absolute Gasteiger partial charge is 0.227 e. The zero-order valence-corrected chi connectivity index (χ0v) is 13.6. The fourth-order valence-electron chi connectivity index (χ4n) is 3.33. The second-order valence-electron chi connectivity index (χ2n) is 6.50. The maximum atomic E-state index is 12.6. The van der Waals surface area contributed by atoms with Crippen molar-refractivity contribution in [2.24, 2.45) is 0 Å². The van der Waals surface area contributed by atoms with E-state index in [1.165, 1.54) is 0 Å². The van der Waals surface area contributed by atoms with Gasteiger partial charge in [-0.15, -0.1) is 0 Å². The van der Waals surface area contributed by atoms with Gasteiger partial charge in [0, 0.05) is 24.6 Å². The highest BCUT2D eigenvalue weighted by Gasteiger charge is 2.28. The molecule has 3 atom stereocenters. The van der Waals surface area contributed by atoms with E-state index in [0.29, 0.717) is 32.4 Å². The van der Waals surface area contributed by atoms with E-state index in [4.69, 9.17) is 9.47 Å². The average Bonchev–Trinajstić information content (AvgIpc) is 3.02. The maximum Gasteiger partial charge on any atom is 0.227 e. The van der Waals surface area contributed by atoms with Gasteiger partial charge in [0.25, 0.3) is 0 Å². The van der Waals surface area contributed by atoms with Gasteiger partial charge in [0.2, 0.25) is 5.91 Å². The van der Waals surface area contributed by atoms with E-state index in [2.05, 4.69) is 0 Å². The van der Waals surface area contributed by atoms with Crippen LogP contribution in [0.1, 0.15) is 31.7 Å². The highest BCUT2D eigenvalue weighted by molar-refractivity contribution is 5.80. The van der Waals surface area contributed by atoms with Crippen LogP contribution in [-0.4, -0.2) is 53.9 Å². The Morgan fingerprint density at radius 2 is 2.22 bits per heavy atom. The normalized spacial score (nSPS) is 27.9. The third kappa shape index (κ3) is 4.03. The lowest BCUT2D eigenvalue weighted by Gasteiger charge is -2.36. The monoisotopic (exact) mass is 319 g/mol. The van der Waals surface area contributed by atoms with Gasteiger partial charge in [-0.2, -0.15) is 0 Å². The number of aliphatic hydroxyl groups is 1. The minimum Gasteiger partial charge on any atom is -0.488 e. The zero-order chi connectivity index (χ0) is 16.2. The molecule has 0 aliphatic carbocycles. The number of carbonyl (C=O) groups is 1. The number of carbonyl (C=O) groups excluding carboxylic acids is 1. The van der Waals surface area contributed by atoms with Crippen LogP contribution in [-0.2, 0) is 16.0 Å². The fourth-order valence-corrected chi connectivity index (χ4v) is 3.33. The molecule has 23 heavy (non-hydrogen) atoms. The number of aliphatic hydroxyl groups excluding tert-OH is 1. The van der Waals surface area contributed by atoms with E-state index in [1.54, 1.807) is 0 Å². The molecule has 3 rings (SSSR count). The van der Waals surface area contributed by atoms with Crippen molar-refractivity contribution >= 4 is 5.91 Å². The Kier molecular flexibility index (Phi) is 5.18. The second kappa shape index (κ2) is 7.32. The van der Waals surface area contributed by atoms with Crippen LogP contribution in [0.25, 0.3) is 0 Å². The largest absolute Gasteiger partial charge is 0.488 e. The molecule has 0 saturated carbocycles. The van der Waals surface area contributed by atoms with Crippen molar-refractivity contribution in [2.75, 3.05) is 19.8 Å². The van der Waals surface area contributed by atoms with E-state index in [1.807, 2.05) is 36.1 Å². The molecule has 0 radical (unpaired) electrons. The SMILES string of the molecule is C[C@@H]1C[C@H](O)CCN1C(=O)Cc1ccccc1OC1CCOC1. The number of para-hydroxylation sites is 1. The molecule has 5 nitrogen and oxygen atoms in total. The molecule has 1 unspecified atom stereocenters. The lowest BCUT2D eigenvalue weighted by molar-refractivity contribution is -0.135. The van der Waals surface area contributed by atoms with Gasteiger partial charge in [-0.1, -0.05) is 18.2 Å². The highest BCUT2D eigenvalue weighted by Crippen LogP contribution is 2.24. The summed E-state index contributed by atoms with van der Waals surface area (Å²) in [5.74, 6) is 0.879. The van der Waals surface area contributed by atoms with Crippen molar-refractivity contribution in [3.05, 3.63) is 29.8 Å². The number of rotatable bonds is 4. The Balaban J connectivity index is 1.66. The van der Waals surface area contributed by atoms with Gasteiger partial charge in [0.15, 0.2) is 0 Å². The Labute approximate surface area is 137 Å². The Morgan fingerprint density at radius 1 is 1.39 bits per heavy atom. The molecule has 2 heterocycles. The number of hydrogen-bond acceptors (Lipinski definition) is 4. The van der Waals surface area contributed by atoms with E-state index in [-0.39, 0.29) is 24.2 Å². The summed E-state index contributed by atoms with van der Waals surface area (Å²) in [4.78, 5) is 14.5. The molecule has 2 aliphatic rings. The van der Waals surface area contributed by atoms with Gasteiger partial charge in [0.05, 0.1) is 25.7 Å². The first-order valence-corrected chi connectivity index (χ1v) is 8.43. The predicted molar refractivity (Wildman–Crippen MR) is 86.4 cm³/mol. The number of likely N-dealkylation sites (tertiary alicyclic amines) is 1. The van der Waals surface area contributed by atoms with Crippen LogP contribution in [0.2, 0.25) is 0 Å². The molecule has 2 fully saturated rings. The van der Waals surface area contributed by atoms with Crippen molar-refractivity contribution in [3.63, 3.8) is 0 Å². The number of amides is 1. The lowest BCUT2D eigenvalue weighted by atomic mass is 9.99. The molecular formula is C18H25NO4. The van der Waals surface area contributed by atoms with E-state index in [0.717, 1.165) is 24.3 Å². The molecule has 1 aromatic rings. The second-order valence-corrected chi connectivity index (χ2v) is 6.50. The fraction of sp³-hybridized carbons (Fsp3) is 0.611. The van der Waals surface area contributed by atoms with Gasteiger partial charge < -0.3 is 19.5 Å². The predicted octanol–water partition coefficient (Wildman–Crippen LogP) is 1.77. The molecule has 126 valence electrons. The summed E-state index contributed by atoms with van der Waals surface area (Å²) in [6.45, 7) is 3.97. The van der Waals surface area contributed by atoms with E-state index >= 15 is 0 Å². The van der Waals surface area contributed by atoms with Crippen LogP contribution in [0.3, 0.4) is 0 Å². The van der Waals surface area contributed by atoms with E-state index < -0.39 is 0 Å². The van der Waals surface area contributed by atoms with Crippen LogP contribution in [0.4, 0.5) is 0 Å². The Hall–Kier alpha value is -1.59. The van der Waals surface area contributed by atoms with Gasteiger partial charge in [-0.3, -0.25) is 4.79 Å². The average molecular weight is 319 g/mol. The van der Waals surface area contributed by atoms with Gasteiger partial charge in [-0.25, -0.2) is 0 Å². The number of ether oxygens (including phenoxy) is 2. The zero-order valence-electron chi connectivity index (χ0n) is 13.6. The molecule has 1 aromatic carbocycles. The molecule has 1 N–H and O–H groups in total. The first-order chi connectivity index (χ1) is 11.1. The van der Waals surface area contributed by atoms with Gasteiger partial charge >= 0.3 is 0 Å². The standard InChI is InChI=1S/C18H25NO4/c1-13-10-15(20)6-8-19(13)18(21)11-14-4-2-3-5-17(14)23-16-7-9-22-12-16/h2-5,13,15-16,20H,6-12H2,1H3/t13-,15-,16?/m1/s1. The number of nitrogens with zero attached hydrogens (tertiary/aromatic N) is 1. The van der Waals surface area contributed by atoms with Crippen LogP contribution in [0, 0.1) is 0 Å². The minimum atomic E-state index is -0.285. The maximum absolute atomic E-state index is 12.6. The molecule has 1 amide bonds. The van der Waals surface area contributed by atoms with Crippen LogP contribution in [0.15, 0.2) is 24.3 Å². The van der Waals surface area contributed by atoms with Crippen LogP contribution in [0.5, 0.6) is 5.75 Å². The Morgan fingerprint density at radius 3 is 2.96 bits per heavy atom. The first-order valence-electron chi connectivity index (χ1n) is 8.43. The van der Waals surface area contributed by atoms with Crippen molar-refractivity contribution in [2.45, 2.75) is 50.9 Å². The number of benzene rings is 1. The third-order valence-electron chi connectivity index (χ3n) is 4.66. The molecule has 5 heteroatoms. The van der Waals surface area contributed by atoms with Crippen LogP contribution < -0.4 is 4.74 Å². The lowest BCUT2D eigenvalue weighted by Crippen LogP contribution is -2.46. The first kappa shape index (κ1) is 16.3. The molecule has 0 bridgehead atoms. The topological polar surface area (TPSA) is 59.0 Å². The molecular weight excluding hydrogens is 294 g/mol. The van der Waals surface area contributed by atoms with Gasteiger partial charge in [0.1, 0.15) is 11.9 Å². The Bertz CT molecular complexity index is 542. The minimum absolute atomic E-state index is 0.0790. The summed E-state index contributed by atoms with van der Waals surface area (Å²) >= 11 is 0. The summed E-state index contributed by atoms with van der Waals surface area (Å²) in [6, 6.07) is 7.82. The molecule has 0 spiro atoms. The van der Waals surface area contributed by atoms with Crippen molar-refractivity contribution in [3.8, 4) is 5.75 Å². The highest BCUT2D eigenvalue weighted by atomic mass is 16.5. The van der Waals surface area contributed by atoms with Crippen molar-refractivity contribution < 1.29 is 19.4 Å². The summed E-state index contributed by atoms with van der Waals surface area (Å²) in [5, 5.41) is 9.70. The van der Waals surface area contributed by atoms with E-state index in [9.17, 15) is 9.90 Å². The quantitative estimate of drug-likeness (QED) is 0.919. The summed E-state index contributed by atoms with van der Waals surface area (Å²) in [5.41, 5.74) is 0.919. The molecule has 0 aromatic heterocycles. The van der Waals surface area contributed by atoms with Crippen LogP contribution >= 0.6 is 0 Å². The van der Waals surface area contributed by atoms with Gasteiger partial charge in [-0.05, 0) is 25.8 Å². The number of hydrogen-bond donors (Lipinski definition) is 1. The van der Waals surface area contributed by atoms with Crippen molar-refractivity contribution in [1.29, 1.82) is 0 Å². The summed E-state index contributed by atoms with van der Waals surface area (Å²) in [6.07, 6.45) is 2.34. The number of piperidine rings is 1. The third-order valence-corrected chi connectivity index (χ3v) is 4.66. The molecule has 2 aliphatic heterocycles. The summed E-state index contributed by atoms with van der Waals surface area (Å²) in [7, 11) is 0. The molecule has 2 saturated heterocycles. The summed E-state index contributed by atoms with van der Waals surface area (Å²) < 4.78 is 11.3. The van der Waals surface area contributed by atoms with Crippen molar-refractivity contribution in [1.82, 2.24) is 4.90 Å².